The van der Waals surface area contributed by atoms with Gasteiger partial charge < -0.3 is 10.6 Å². The Morgan fingerprint density at radius 2 is 1.75 bits per heavy atom. The van der Waals surface area contributed by atoms with Gasteiger partial charge in [0.2, 0.25) is 11.8 Å². The second-order valence-electron chi connectivity index (χ2n) is 6.40. The smallest absolute Gasteiger partial charge is 0.271 e. The van der Waals surface area contributed by atoms with E-state index in [2.05, 4.69) is 10.6 Å². The van der Waals surface area contributed by atoms with Gasteiger partial charge in [-0.3, -0.25) is 19.7 Å². The number of carbonyl (C=O) groups excluding carboxylic acids is 2. The number of fused-ring (bicyclic) bond motifs is 1. The Morgan fingerprint density at radius 3 is 2.54 bits per heavy atom. The summed E-state index contributed by atoms with van der Waals surface area (Å²) in [4.78, 5) is 34.7. The third kappa shape index (κ3) is 4.50. The second kappa shape index (κ2) is 8.30. The van der Waals surface area contributed by atoms with Crippen LogP contribution in [0.15, 0.2) is 60.7 Å². The van der Waals surface area contributed by atoms with Gasteiger partial charge in [0.25, 0.3) is 5.69 Å². The van der Waals surface area contributed by atoms with Gasteiger partial charge in [0.1, 0.15) is 0 Å². The fourth-order valence-electron chi connectivity index (χ4n) is 2.91. The third-order valence-electron chi connectivity index (χ3n) is 4.38. The molecule has 3 aromatic rings. The molecule has 3 rings (SSSR count). The maximum atomic E-state index is 12.2. The predicted octanol–water partition coefficient (Wildman–Crippen LogP) is 3.35. The number of nitrogens with one attached hydrogen (secondary N) is 2. The Labute approximate surface area is 161 Å². The van der Waals surface area contributed by atoms with Crippen LogP contribution in [0.1, 0.15) is 11.1 Å². The van der Waals surface area contributed by atoms with Crippen LogP contribution in [-0.4, -0.2) is 23.3 Å². The fourth-order valence-corrected chi connectivity index (χ4v) is 2.91. The van der Waals surface area contributed by atoms with Crippen molar-refractivity contribution in [3.63, 3.8) is 0 Å². The molecule has 2 amide bonds. The van der Waals surface area contributed by atoms with Crippen molar-refractivity contribution in [2.75, 3.05) is 11.9 Å². The molecule has 0 bridgehead atoms. The zero-order valence-corrected chi connectivity index (χ0v) is 15.3. The van der Waals surface area contributed by atoms with Crippen LogP contribution in [0.5, 0.6) is 0 Å². The maximum Gasteiger partial charge on any atom is 0.271 e. The van der Waals surface area contributed by atoms with Crippen molar-refractivity contribution in [2.24, 2.45) is 0 Å². The second-order valence-corrected chi connectivity index (χ2v) is 6.40. The highest BCUT2D eigenvalue weighted by atomic mass is 16.6. The van der Waals surface area contributed by atoms with E-state index in [0.29, 0.717) is 11.3 Å². The SMILES string of the molecule is Cc1ccc([N+](=O)[O-])cc1NC(=O)CNC(=O)Cc1cccc2ccccc12. The van der Waals surface area contributed by atoms with Gasteiger partial charge in [0.05, 0.1) is 23.6 Å². The molecular formula is C21H19N3O4. The quantitative estimate of drug-likeness (QED) is 0.508. The molecule has 2 N–H and O–H groups in total. The minimum absolute atomic E-state index is 0.110. The summed E-state index contributed by atoms with van der Waals surface area (Å²) in [5.41, 5.74) is 1.81. The molecule has 7 nitrogen and oxygen atoms in total. The van der Waals surface area contributed by atoms with E-state index in [1.807, 2.05) is 42.5 Å². The normalized spacial score (nSPS) is 10.5. The summed E-state index contributed by atoms with van der Waals surface area (Å²) in [6, 6.07) is 17.8. The lowest BCUT2D eigenvalue weighted by Gasteiger charge is -2.10. The summed E-state index contributed by atoms with van der Waals surface area (Å²) in [6.45, 7) is 1.52. The molecule has 0 radical (unpaired) electrons. The number of rotatable bonds is 6. The Hall–Kier alpha value is -3.74. The molecule has 0 aliphatic carbocycles. The number of nitro benzene ring substituents is 1. The summed E-state index contributed by atoms with van der Waals surface area (Å²) in [7, 11) is 0. The van der Waals surface area contributed by atoms with Gasteiger partial charge in [-0.15, -0.1) is 0 Å². The Kier molecular flexibility index (Phi) is 5.64. The molecule has 0 saturated heterocycles. The number of nitrogens with zero attached hydrogens (tertiary/aromatic N) is 1. The Bertz CT molecular complexity index is 1060. The Balaban J connectivity index is 1.59. The first-order valence-electron chi connectivity index (χ1n) is 8.72. The summed E-state index contributed by atoms with van der Waals surface area (Å²) in [6.07, 6.45) is 0.157. The minimum Gasteiger partial charge on any atom is -0.347 e. The van der Waals surface area contributed by atoms with Crippen molar-refractivity contribution in [3.05, 3.63) is 81.9 Å². The lowest BCUT2D eigenvalue weighted by Crippen LogP contribution is -2.33. The monoisotopic (exact) mass is 377 g/mol. The molecule has 0 saturated carbocycles. The molecule has 7 heteroatoms. The van der Waals surface area contributed by atoms with Gasteiger partial charge in [-0.25, -0.2) is 0 Å². The van der Waals surface area contributed by atoms with Crippen LogP contribution in [0.25, 0.3) is 10.8 Å². The van der Waals surface area contributed by atoms with Gasteiger partial charge in [0, 0.05) is 12.1 Å². The summed E-state index contributed by atoms with van der Waals surface area (Å²) in [5, 5.41) is 18.1. The summed E-state index contributed by atoms with van der Waals surface area (Å²) in [5.74, 6) is -0.725. The first kappa shape index (κ1) is 19.0. The van der Waals surface area contributed by atoms with Crippen LogP contribution in [0.4, 0.5) is 11.4 Å². The van der Waals surface area contributed by atoms with Crippen LogP contribution in [-0.2, 0) is 16.0 Å². The Morgan fingerprint density at radius 1 is 1.00 bits per heavy atom. The van der Waals surface area contributed by atoms with E-state index in [-0.39, 0.29) is 24.6 Å². The van der Waals surface area contributed by atoms with Crippen molar-refractivity contribution in [3.8, 4) is 0 Å². The van der Waals surface area contributed by atoms with Crippen molar-refractivity contribution in [1.82, 2.24) is 5.32 Å². The van der Waals surface area contributed by atoms with E-state index in [9.17, 15) is 19.7 Å². The average molecular weight is 377 g/mol. The van der Waals surface area contributed by atoms with Crippen molar-refractivity contribution in [1.29, 1.82) is 0 Å². The number of amides is 2. The standard InChI is InChI=1S/C21H19N3O4/c1-14-9-10-17(24(27)28)12-19(14)23-21(26)13-22-20(25)11-16-7-4-6-15-5-2-3-8-18(15)16/h2-10,12H,11,13H2,1H3,(H,22,25)(H,23,26). The highest BCUT2D eigenvalue weighted by molar-refractivity contribution is 5.96. The van der Waals surface area contributed by atoms with Gasteiger partial charge >= 0.3 is 0 Å². The molecule has 0 atom stereocenters. The number of benzene rings is 3. The number of hydrogen-bond donors (Lipinski definition) is 2. The molecule has 3 aromatic carbocycles. The number of anilines is 1. The fraction of sp³-hybridized carbons (Fsp3) is 0.143. The van der Waals surface area contributed by atoms with Gasteiger partial charge in [0.15, 0.2) is 0 Å². The zero-order chi connectivity index (χ0) is 20.1. The minimum atomic E-state index is -0.527. The zero-order valence-electron chi connectivity index (χ0n) is 15.3. The number of hydrogen-bond acceptors (Lipinski definition) is 4. The largest absolute Gasteiger partial charge is 0.347 e. The highest BCUT2D eigenvalue weighted by Gasteiger charge is 2.12. The van der Waals surface area contributed by atoms with E-state index in [1.54, 1.807) is 13.0 Å². The van der Waals surface area contributed by atoms with Crippen molar-refractivity contribution >= 4 is 34.0 Å². The van der Waals surface area contributed by atoms with Gasteiger partial charge in [-0.05, 0) is 28.8 Å². The first-order chi connectivity index (χ1) is 13.4. The first-order valence-corrected chi connectivity index (χ1v) is 8.72. The molecule has 0 fully saturated rings. The molecule has 0 spiro atoms. The molecule has 0 heterocycles. The number of carbonyl (C=O) groups is 2. The molecule has 28 heavy (non-hydrogen) atoms. The van der Waals surface area contributed by atoms with Crippen LogP contribution in [0.3, 0.4) is 0 Å². The molecular weight excluding hydrogens is 358 g/mol. The van der Waals surface area contributed by atoms with Crippen LogP contribution in [0, 0.1) is 17.0 Å². The van der Waals surface area contributed by atoms with Crippen LogP contribution < -0.4 is 10.6 Å². The molecule has 0 aliphatic rings. The predicted molar refractivity (Wildman–Crippen MR) is 107 cm³/mol. The van der Waals surface area contributed by atoms with Crippen molar-refractivity contribution in [2.45, 2.75) is 13.3 Å². The summed E-state index contributed by atoms with van der Waals surface area (Å²) < 4.78 is 0. The van der Waals surface area contributed by atoms with E-state index in [4.69, 9.17) is 0 Å². The molecule has 0 unspecified atom stereocenters. The van der Waals surface area contributed by atoms with E-state index in [0.717, 1.165) is 16.3 Å². The third-order valence-corrected chi connectivity index (χ3v) is 4.38. The van der Waals surface area contributed by atoms with Gasteiger partial charge in [-0.1, -0.05) is 48.5 Å². The topological polar surface area (TPSA) is 101 Å². The molecule has 142 valence electrons. The van der Waals surface area contributed by atoms with E-state index in [1.165, 1.54) is 12.1 Å². The van der Waals surface area contributed by atoms with Gasteiger partial charge in [-0.2, -0.15) is 0 Å². The van der Waals surface area contributed by atoms with E-state index >= 15 is 0 Å². The number of non-ortho nitro benzene ring substituents is 1. The van der Waals surface area contributed by atoms with Crippen LogP contribution >= 0.6 is 0 Å². The van der Waals surface area contributed by atoms with Crippen molar-refractivity contribution < 1.29 is 14.5 Å². The molecule has 0 aromatic heterocycles. The summed E-state index contributed by atoms with van der Waals surface area (Å²) >= 11 is 0. The number of aryl methyl sites for hydroxylation is 1. The van der Waals surface area contributed by atoms with Crippen LogP contribution in [0.2, 0.25) is 0 Å². The van der Waals surface area contributed by atoms with E-state index < -0.39 is 10.8 Å². The number of nitro groups is 1. The molecule has 0 aliphatic heterocycles. The average Bonchev–Trinajstić information content (AvgIpc) is 2.68. The lowest BCUT2D eigenvalue weighted by atomic mass is 10.0. The highest BCUT2D eigenvalue weighted by Crippen LogP contribution is 2.22. The maximum absolute atomic E-state index is 12.2. The lowest BCUT2D eigenvalue weighted by molar-refractivity contribution is -0.384.